The fourth-order valence-electron chi connectivity index (χ4n) is 2.20. The minimum atomic E-state index is 0.346. The fraction of sp³-hybridized carbons (Fsp3) is 0.118. The van der Waals surface area contributed by atoms with Gasteiger partial charge in [0.2, 0.25) is 5.89 Å². The Kier molecular flexibility index (Phi) is 4.46. The molecule has 1 heterocycles. The van der Waals surface area contributed by atoms with Crippen LogP contribution in [0.2, 0.25) is 5.02 Å². The van der Waals surface area contributed by atoms with Crippen molar-refractivity contribution in [3.05, 3.63) is 52.9 Å². The van der Waals surface area contributed by atoms with Gasteiger partial charge in [-0.05, 0) is 35.9 Å². The van der Waals surface area contributed by atoms with E-state index >= 15 is 0 Å². The second-order valence-corrected chi connectivity index (χ2v) is 5.53. The molecule has 0 unspecified atom stereocenters. The number of rotatable bonds is 4. The molecule has 6 heteroatoms. The summed E-state index contributed by atoms with van der Waals surface area (Å²) in [6, 6.07) is 11.0. The first-order valence-corrected chi connectivity index (χ1v) is 7.52. The third-order valence-electron chi connectivity index (χ3n) is 3.25. The van der Waals surface area contributed by atoms with Crippen LogP contribution in [0.3, 0.4) is 0 Å². The third kappa shape index (κ3) is 3.14. The SMILES string of the molecule is COc1cc(/C=C(\Cl)c2nc3ccccc3o2)cc(Cl)c1OC. The number of nitrogens with zero attached hydrogens (tertiary/aromatic N) is 1. The molecule has 118 valence electrons. The van der Waals surface area contributed by atoms with Gasteiger partial charge in [-0.1, -0.05) is 35.3 Å². The molecule has 1 aromatic heterocycles. The zero-order valence-corrected chi connectivity index (χ0v) is 14.0. The van der Waals surface area contributed by atoms with Crippen LogP contribution in [-0.4, -0.2) is 19.2 Å². The molecule has 0 N–H and O–H groups in total. The molecule has 0 amide bonds. The quantitative estimate of drug-likeness (QED) is 0.646. The summed E-state index contributed by atoms with van der Waals surface area (Å²) in [5, 5.41) is 0.796. The predicted octanol–water partition coefficient (Wildman–Crippen LogP) is 5.24. The Morgan fingerprint density at radius 2 is 1.96 bits per heavy atom. The van der Waals surface area contributed by atoms with Crippen LogP contribution in [0.4, 0.5) is 0 Å². The van der Waals surface area contributed by atoms with Crippen molar-refractivity contribution in [1.29, 1.82) is 0 Å². The molecule has 23 heavy (non-hydrogen) atoms. The van der Waals surface area contributed by atoms with E-state index in [-0.39, 0.29) is 0 Å². The molecule has 0 radical (unpaired) electrons. The van der Waals surface area contributed by atoms with E-state index in [1.807, 2.05) is 24.3 Å². The minimum Gasteiger partial charge on any atom is -0.493 e. The van der Waals surface area contributed by atoms with E-state index in [4.69, 9.17) is 37.1 Å². The number of oxazole rings is 1. The number of aromatic nitrogens is 1. The Balaban J connectivity index is 2.01. The van der Waals surface area contributed by atoms with Gasteiger partial charge in [-0.3, -0.25) is 0 Å². The van der Waals surface area contributed by atoms with E-state index in [2.05, 4.69) is 4.98 Å². The highest BCUT2D eigenvalue weighted by Gasteiger charge is 2.12. The van der Waals surface area contributed by atoms with E-state index in [9.17, 15) is 0 Å². The zero-order chi connectivity index (χ0) is 16.4. The summed E-state index contributed by atoms with van der Waals surface area (Å²) in [5.74, 6) is 1.34. The van der Waals surface area contributed by atoms with Gasteiger partial charge in [0.25, 0.3) is 0 Å². The molecule has 0 aliphatic heterocycles. The summed E-state index contributed by atoms with van der Waals surface area (Å²) >= 11 is 12.5. The highest BCUT2D eigenvalue weighted by atomic mass is 35.5. The lowest BCUT2D eigenvalue weighted by molar-refractivity contribution is 0.355. The molecular weight excluding hydrogens is 337 g/mol. The normalized spacial score (nSPS) is 11.7. The molecular formula is C17H13Cl2NO3. The third-order valence-corrected chi connectivity index (χ3v) is 3.80. The summed E-state index contributed by atoms with van der Waals surface area (Å²) < 4.78 is 16.1. The van der Waals surface area contributed by atoms with E-state index in [0.717, 1.165) is 11.1 Å². The van der Waals surface area contributed by atoms with Gasteiger partial charge in [0.05, 0.1) is 19.2 Å². The van der Waals surface area contributed by atoms with Crippen molar-refractivity contribution in [2.45, 2.75) is 0 Å². The van der Waals surface area contributed by atoms with E-state index in [1.165, 1.54) is 7.11 Å². The Bertz CT molecular complexity index is 854. The van der Waals surface area contributed by atoms with Crippen molar-refractivity contribution in [2.24, 2.45) is 0 Å². The molecule has 0 spiro atoms. The lowest BCUT2D eigenvalue weighted by Gasteiger charge is -2.10. The van der Waals surface area contributed by atoms with Gasteiger partial charge in [0, 0.05) is 0 Å². The minimum absolute atomic E-state index is 0.346. The first-order valence-electron chi connectivity index (χ1n) is 6.77. The largest absolute Gasteiger partial charge is 0.493 e. The van der Waals surface area contributed by atoms with Gasteiger partial charge in [-0.25, -0.2) is 4.98 Å². The van der Waals surface area contributed by atoms with Gasteiger partial charge in [0.15, 0.2) is 17.1 Å². The van der Waals surface area contributed by atoms with Crippen LogP contribution in [0, 0.1) is 0 Å². The molecule has 4 nitrogen and oxygen atoms in total. The summed E-state index contributed by atoms with van der Waals surface area (Å²) in [6.45, 7) is 0. The van der Waals surface area contributed by atoms with Crippen molar-refractivity contribution >= 4 is 45.4 Å². The molecule has 0 fully saturated rings. The second kappa shape index (κ2) is 6.52. The molecule has 0 atom stereocenters. The number of fused-ring (bicyclic) bond motifs is 1. The lowest BCUT2D eigenvalue weighted by Crippen LogP contribution is -1.92. The van der Waals surface area contributed by atoms with Crippen LogP contribution in [-0.2, 0) is 0 Å². The molecule has 2 aromatic carbocycles. The Morgan fingerprint density at radius 3 is 2.65 bits per heavy atom. The smallest absolute Gasteiger partial charge is 0.238 e. The zero-order valence-electron chi connectivity index (χ0n) is 12.5. The number of halogens is 2. The van der Waals surface area contributed by atoms with Crippen molar-refractivity contribution in [2.75, 3.05) is 14.2 Å². The Hall–Kier alpha value is -2.17. The molecule has 0 aliphatic rings. The van der Waals surface area contributed by atoms with Gasteiger partial charge < -0.3 is 13.9 Å². The molecule has 3 aromatic rings. The summed E-state index contributed by atoms with van der Waals surface area (Å²) in [4.78, 5) is 4.35. The van der Waals surface area contributed by atoms with Crippen molar-refractivity contribution < 1.29 is 13.9 Å². The summed E-state index contributed by atoms with van der Waals surface area (Å²) in [7, 11) is 3.08. The van der Waals surface area contributed by atoms with Crippen molar-refractivity contribution in [3.63, 3.8) is 0 Å². The number of ether oxygens (including phenoxy) is 2. The first-order chi connectivity index (χ1) is 11.1. The molecule has 0 aliphatic carbocycles. The van der Waals surface area contributed by atoms with Crippen LogP contribution < -0.4 is 9.47 Å². The molecule has 3 rings (SSSR count). The maximum atomic E-state index is 6.32. The van der Waals surface area contributed by atoms with E-state index < -0.39 is 0 Å². The maximum Gasteiger partial charge on any atom is 0.238 e. The summed E-state index contributed by atoms with van der Waals surface area (Å²) in [5.41, 5.74) is 2.18. The fourth-order valence-corrected chi connectivity index (χ4v) is 2.71. The second-order valence-electron chi connectivity index (χ2n) is 4.72. The topological polar surface area (TPSA) is 44.5 Å². The molecule has 0 saturated heterocycles. The Labute approximate surface area is 143 Å². The average Bonchev–Trinajstić information content (AvgIpc) is 2.98. The first kappa shape index (κ1) is 15.7. The van der Waals surface area contributed by atoms with Gasteiger partial charge in [-0.2, -0.15) is 0 Å². The highest BCUT2D eigenvalue weighted by molar-refractivity contribution is 6.50. The molecule has 0 bridgehead atoms. The number of para-hydroxylation sites is 2. The van der Waals surface area contributed by atoms with Crippen molar-refractivity contribution in [3.8, 4) is 11.5 Å². The van der Waals surface area contributed by atoms with Crippen LogP contribution >= 0.6 is 23.2 Å². The standard InChI is InChI=1S/C17H13Cl2NO3/c1-21-15-9-10(7-11(18)16(15)22-2)8-12(19)17-20-13-5-3-4-6-14(13)23-17/h3-9H,1-2H3/b12-8-. The van der Waals surface area contributed by atoms with Crippen LogP contribution in [0.5, 0.6) is 11.5 Å². The average molecular weight is 350 g/mol. The lowest BCUT2D eigenvalue weighted by atomic mass is 10.2. The highest BCUT2D eigenvalue weighted by Crippen LogP contribution is 2.37. The van der Waals surface area contributed by atoms with Crippen LogP contribution in [0.25, 0.3) is 22.2 Å². The van der Waals surface area contributed by atoms with Gasteiger partial charge in [-0.15, -0.1) is 0 Å². The van der Waals surface area contributed by atoms with E-state index in [1.54, 1.807) is 25.3 Å². The van der Waals surface area contributed by atoms with Crippen molar-refractivity contribution in [1.82, 2.24) is 4.98 Å². The van der Waals surface area contributed by atoms with Gasteiger partial charge >= 0.3 is 0 Å². The Morgan fingerprint density at radius 1 is 1.17 bits per heavy atom. The number of benzene rings is 2. The van der Waals surface area contributed by atoms with Crippen LogP contribution in [0.15, 0.2) is 40.8 Å². The monoisotopic (exact) mass is 349 g/mol. The van der Waals surface area contributed by atoms with Crippen LogP contribution in [0.1, 0.15) is 11.5 Å². The van der Waals surface area contributed by atoms with Gasteiger partial charge in [0.1, 0.15) is 10.5 Å². The number of methoxy groups -OCH3 is 2. The van der Waals surface area contributed by atoms with E-state index in [0.29, 0.717) is 33.0 Å². The summed E-state index contributed by atoms with van der Waals surface area (Å²) in [6.07, 6.45) is 1.71. The molecule has 0 saturated carbocycles. The number of hydrogen-bond donors (Lipinski definition) is 0. The maximum absolute atomic E-state index is 6.32. The number of hydrogen-bond acceptors (Lipinski definition) is 4. The predicted molar refractivity (Wildman–Crippen MR) is 92.3 cm³/mol.